The first-order valence-electron chi connectivity index (χ1n) is 8.67. The molecule has 0 radical (unpaired) electrons. The standard InChI is InChI=1S/C17H23N5O4S/c1-17(2,3)26-16(25)21-7-9-22(10-8-21)18-14(15(23)24)11-5-4-6-12-13(11)20-27-19-12/h4-6,14,18H,7-10H2,1-3H3,(H,23,24). The molecule has 2 aromatic rings. The van der Waals surface area contributed by atoms with Gasteiger partial charge in [0, 0.05) is 31.7 Å². The summed E-state index contributed by atoms with van der Waals surface area (Å²) in [6.45, 7) is 7.38. The molecule has 10 heteroatoms. The van der Waals surface area contributed by atoms with E-state index in [1.165, 1.54) is 0 Å². The van der Waals surface area contributed by atoms with Crippen molar-refractivity contribution in [2.75, 3.05) is 26.2 Å². The summed E-state index contributed by atoms with van der Waals surface area (Å²) in [5, 5.41) is 11.5. The van der Waals surface area contributed by atoms with Crippen molar-refractivity contribution in [2.45, 2.75) is 32.4 Å². The molecule has 1 aliphatic heterocycles. The predicted octanol–water partition coefficient (Wildman–Crippen LogP) is 1.87. The molecular weight excluding hydrogens is 370 g/mol. The lowest BCUT2D eigenvalue weighted by atomic mass is 10.1. The minimum atomic E-state index is -0.995. The lowest BCUT2D eigenvalue weighted by Crippen LogP contribution is -2.55. The number of piperazine rings is 1. The molecule has 1 aromatic carbocycles. The molecule has 0 spiro atoms. The topological polar surface area (TPSA) is 108 Å². The highest BCUT2D eigenvalue weighted by Crippen LogP contribution is 2.24. The molecule has 9 nitrogen and oxygen atoms in total. The smallest absolute Gasteiger partial charge is 0.410 e. The van der Waals surface area contributed by atoms with Gasteiger partial charge in [-0.1, -0.05) is 12.1 Å². The van der Waals surface area contributed by atoms with Gasteiger partial charge in [-0.2, -0.15) is 8.75 Å². The highest BCUT2D eigenvalue weighted by atomic mass is 32.1. The van der Waals surface area contributed by atoms with Gasteiger partial charge in [0.15, 0.2) is 0 Å². The summed E-state index contributed by atoms with van der Waals surface area (Å²) < 4.78 is 13.8. The van der Waals surface area contributed by atoms with Crippen molar-refractivity contribution in [1.82, 2.24) is 24.1 Å². The number of hydrogen-bond donors (Lipinski definition) is 2. The van der Waals surface area contributed by atoms with E-state index < -0.39 is 17.6 Å². The summed E-state index contributed by atoms with van der Waals surface area (Å²) in [5.41, 5.74) is 4.36. The molecule has 1 unspecified atom stereocenters. The number of ether oxygens (including phenoxy) is 1. The first-order valence-corrected chi connectivity index (χ1v) is 9.40. The zero-order chi connectivity index (χ0) is 19.6. The van der Waals surface area contributed by atoms with Crippen LogP contribution in [-0.4, -0.2) is 67.6 Å². The maximum absolute atomic E-state index is 12.1. The number of carbonyl (C=O) groups excluding carboxylic acids is 1. The normalized spacial score (nSPS) is 17.1. The Morgan fingerprint density at radius 2 is 1.93 bits per heavy atom. The number of aromatic nitrogens is 2. The van der Waals surface area contributed by atoms with Crippen molar-refractivity contribution in [1.29, 1.82) is 0 Å². The van der Waals surface area contributed by atoms with Crippen LogP contribution < -0.4 is 5.43 Å². The van der Waals surface area contributed by atoms with Gasteiger partial charge in [-0.15, -0.1) is 0 Å². The number of nitrogens with zero attached hydrogens (tertiary/aromatic N) is 4. The van der Waals surface area contributed by atoms with Crippen LogP contribution in [0, 0.1) is 0 Å². The van der Waals surface area contributed by atoms with Crippen LogP contribution in [0.1, 0.15) is 32.4 Å². The summed E-state index contributed by atoms with van der Waals surface area (Å²) in [5.74, 6) is -0.995. The lowest BCUT2D eigenvalue weighted by molar-refractivity contribution is -0.141. The molecule has 1 fully saturated rings. The van der Waals surface area contributed by atoms with Crippen LogP contribution in [0.5, 0.6) is 0 Å². The van der Waals surface area contributed by atoms with Crippen LogP contribution in [0.15, 0.2) is 18.2 Å². The van der Waals surface area contributed by atoms with Gasteiger partial charge >= 0.3 is 12.1 Å². The van der Waals surface area contributed by atoms with E-state index in [2.05, 4.69) is 14.2 Å². The number of carbonyl (C=O) groups is 2. The second-order valence-corrected chi connectivity index (χ2v) is 7.86. The molecule has 1 saturated heterocycles. The number of hydrazine groups is 1. The molecule has 27 heavy (non-hydrogen) atoms. The van der Waals surface area contributed by atoms with Crippen molar-refractivity contribution >= 4 is 34.8 Å². The van der Waals surface area contributed by atoms with Crippen molar-refractivity contribution < 1.29 is 19.4 Å². The molecule has 0 saturated carbocycles. The minimum absolute atomic E-state index is 0.352. The van der Waals surface area contributed by atoms with Crippen molar-refractivity contribution in [3.8, 4) is 0 Å². The number of nitrogens with one attached hydrogen (secondary N) is 1. The fourth-order valence-corrected chi connectivity index (χ4v) is 3.40. The second kappa shape index (κ2) is 7.75. The molecule has 1 atom stereocenters. The summed E-state index contributed by atoms with van der Waals surface area (Å²) in [4.78, 5) is 25.6. The van der Waals surface area contributed by atoms with Crippen LogP contribution in [0.2, 0.25) is 0 Å². The highest BCUT2D eigenvalue weighted by Gasteiger charge is 2.29. The number of hydrogen-bond acceptors (Lipinski definition) is 8. The number of rotatable bonds is 4. The van der Waals surface area contributed by atoms with E-state index in [4.69, 9.17) is 4.74 Å². The molecule has 1 aromatic heterocycles. The Morgan fingerprint density at radius 3 is 2.56 bits per heavy atom. The molecule has 3 rings (SSSR count). The van der Waals surface area contributed by atoms with Crippen LogP contribution in [0.3, 0.4) is 0 Å². The van der Waals surface area contributed by atoms with Gasteiger partial charge in [-0.3, -0.25) is 4.79 Å². The lowest BCUT2D eigenvalue weighted by Gasteiger charge is -2.36. The van der Waals surface area contributed by atoms with Crippen molar-refractivity contribution in [2.24, 2.45) is 0 Å². The Morgan fingerprint density at radius 1 is 1.22 bits per heavy atom. The van der Waals surface area contributed by atoms with Crippen molar-refractivity contribution in [3.05, 3.63) is 23.8 Å². The highest BCUT2D eigenvalue weighted by molar-refractivity contribution is 7.00. The first-order chi connectivity index (χ1) is 12.7. The van der Waals surface area contributed by atoms with Gasteiger partial charge in [0.2, 0.25) is 0 Å². The quantitative estimate of drug-likeness (QED) is 0.811. The van der Waals surface area contributed by atoms with E-state index in [1.807, 2.05) is 25.8 Å². The Kier molecular flexibility index (Phi) is 5.59. The Hall–Kier alpha value is -2.30. The SMILES string of the molecule is CC(C)(C)OC(=O)N1CCN(NC(C(=O)O)c2cccc3nsnc23)CC1. The fraction of sp³-hybridized carbons (Fsp3) is 0.529. The minimum Gasteiger partial charge on any atom is -0.480 e. The molecular formula is C17H23N5O4S. The Bertz CT molecular complexity index is 826. The first kappa shape index (κ1) is 19.5. The Balaban J connectivity index is 1.65. The predicted molar refractivity (Wildman–Crippen MR) is 100 cm³/mol. The van der Waals surface area contributed by atoms with Crippen LogP contribution in [0.4, 0.5) is 4.79 Å². The molecule has 0 bridgehead atoms. The van der Waals surface area contributed by atoms with E-state index in [-0.39, 0.29) is 6.09 Å². The van der Waals surface area contributed by atoms with E-state index >= 15 is 0 Å². The van der Waals surface area contributed by atoms with Crippen LogP contribution in [0.25, 0.3) is 11.0 Å². The second-order valence-electron chi connectivity index (χ2n) is 7.33. The average molecular weight is 393 g/mol. The third-order valence-corrected chi connectivity index (χ3v) is 4.66. The van der Waals surface area contributed by atoms with Gasteiger partial charge in [-0.25, -0.2) is 15.2 Å². The summed E-state index contributed by atoms with van der Waals surface area (Å²) in [6, 6.07) is 4.38. The number of aliphatic carboxylic acids is 1. The summed E-state index contributed by atoms with van der Waals surface area (Å²) >= 11 is 1.06. The number of carboxylic acids is 1. The number of benzene rings is 1. The zero-order valence-corrected chi connectivity index (χ0v) is 16.3. The molecule has 0 aliphatic carbocycles. The van der Waals surface area contributed by atoms with E-state index in [1.54, 1.807) is 23.1 Å². The zero-order valence-electron chi connectivity index (χ0n) is 15.5. The van der Waals surface area contributed by atoms with E-state index in [0.717, 1.165) is 11.7 Å². The van der Waals surface area contributed by atoms with Crippen molar-refractivity contribution in [3.63, 3.8) is 0 Å². The molecule has 2 heterocycles. The molecule has 1 aliphatic rings. The van der Waals surface area contributed by atoms with Crippen LogP contribution >= 0.6 is 11.7 Å². The number of fused-ring (bicyclic) bond motifs is 1. The van der Waals surface area contributed by atoms with Gasteiger partial charge in [0.25, 0.3) is 0 Å². The fourth-order valence-electron chi connectivity index (χ4n) is 2.84. The van der Waals surface area contributed by atoms with Gasteiger partial charge in [0.1, 0.15) is 22.7 Å². The number of amides is 1. The third-order valence-electron chi connectivity index (χ3n) is 4.12. The molecule has 2 N–H and O–H groups in total. The number of carboxylic acid groups (broad SMARTS) is 1. The largest absolute Gasteiger partial charge is 0.480 e. The summed E-state index contributed by atoms with van der Waals surface area (Å²) in [7, 11) is 0. The molecule has 1 amide bonds. The maximum atomic E-state index is 12.1. The Labute approximate surface area is 161 Å². The van der Waals surface area contributed by atoms with Gasteiger partial charge in [0.05, 0.1) is 11.7 Å². The average Bonchev–Trinajstić information content (AvgIpc) is 3.07. The third kappa shape index (κ3) is 4.71. The van der Waals surface area contributed by atoms with E-state index in [9.17, 15) is 14.7 Å². The van der Waals surface area contributed by atoms with E-state index in [0.29, 0.717) is 42.8 Å². The molecule has 146 valence electrons. The van der Waals surface area contributed by atoms with Gasteiger partial charge < -0.3 is 14.7 Å². The van der Waals surface area contributed by atoms with Gasteiger partial charge in [-0.05, 0) is 26.8 Å². The monoisotopic (exact) mass is 393 g/mol. The maximum Gasteiger partial charge on any atom is 0.410 e. The van der Waals surface area contributed by atoms with Crippen LogP contribution in [-0.2, 0) is 9.53 Å². The summed E-state index contributed by atoms with van der Waals surface area (Å²) in [6.07, 6.45) is -0.352.